The molecule has 253 valence electrons. The van der Waals surface area contributed by atoms with Gasteiger partial charge in [-0.1, -0.05) is 35.9 Å². The van der Waals surface area contributed by atoms with Crippen LogP contribution < -0.4 is 10.2 Å². The van der Waals surface area contributed by atoms with Gasteiger partial charge in [0.1, 0.15) is 5.75 Å². The molecular weight excluding hydrogens is 683 g/mol. The summed E-state index contributed by atoms with van der Waals surface area (Å²) in [5.41, 5.74) is 1.97. The van der Waals surface area contributed by atoms with E-state index in [1.54, 1.807) is 13.0 Å². The van der Waals surface area contributed by atoms with Gasteiger partial charge in [0.15, 0.2) is 0 Å². The van der Waals surface area contributed by atoms with Crippen molar-refractivity contribution in [3.05, 3.63) is 64.7 Å². The quantitative estimate of drug-likeness (QED) is 0.0852. The monoisotopic (exact) mass is 734 g/mol. The molecule has 0 bridgehead atoms. The number of nitrogens with one attached hydrogen (secondary N) is 1. The molecule has 2 aromatic carbocycles. The first-order valence-corrected chi connectivity index (χ1v) is 16.2. The number of halogens is 3. The maximum Gasteiger partial charge on any atom is 0.419 e. The van der Waals surface area contributed by atoms with Gasteiger partial charge in [-0.05, 0) is 117 Å². The van der Waals surface area contributed by atoms with Crippen LogP contribution in [-0.4, -0.2) is 46.4 Å². The average Bonchev–Trinajstić information content (AvgIpc) is 2.89. The minimum absolute atomic E-state index is 0. The van der Waals surface area contributed by atoms with E-state index in [2.05, 4.69) is 11.5 Å². The van der Waals surface area contributed by atoms with Crippen LogP contribution in [-0.2, 0) is 65.3 Å². The number of rotatable bonds is 17. The predicted octanol–water partition coefficient (Wildman–Crippen LogP) is 8.71. The first kappa shape index (κ1) is 42.3. The van der Waals surface area contributed by atoms with E-state index in [1.807, 2.05) is 66.7 Å². The molecule has 3 N–H and O–H groups in total. The van der Waals surface area contributed by atoms with E-state index >= 15 is 0 Å². The van der Waals surface area contributed by atoms with Gasteiger partial charge in [0.2, 0.25) is 0 Å². The summed E-state index contributed by atoms with van der Waals surface area (Å²) in [6.07, 6.45) is -2.92. The second kappa shape index (κ2) is 18.8. The van der Waals surface area contributed by atoms with Crippen molar-refractivity contribution in [2.75, 3.05) is 13.2 Å². The largest absolute Gasteiger partial charge is 0.493 e. The minimum Gasteiger partial charge on any atom is -0.493 e. The summed E-state index contributed by atoms with van der Waals surface area (Å²) in [6, 6.07) is 12.1. The van der Waals surface area contributed by atoms with Gasteiger partial charge in [0.25, 0.3) is 0 Å². The number of aryl methyl sites for hydroxylation is 3. The van der Waals surface area contributed by atoms with Gasteiger partial charge in [0, 0.05) is 32.7 Å². The van der Waals surface area contributed by atoms with Gasteiger partial charge in [-0.3, -0.25) is 0 Å². The Kier molecular flexibility index (Phi) is 17.7. The van der Waals surface area contributed by atoms with Crippen LogP contribution in [0.3, 0.4) is 0 Å². The third-order valence-corrected chi connectivity index (χ3v) is 8.35. The number of benzene rings is 2. The summed E-state index contributed by atoms with van der Waals surface area (Å²) in [4.78, 5) is 0. The zero-order valence-electron chi connectivity index (χ0n) is 28.0. The van der Waals surface area contributed by atoms with Crippen LogP contribution in [0.25, 0.3) is 0 Å². The number of ether oxygens (including phenoxy) is 1. The van der Waals surface area contributed by atoms with Crippen molar-refractivity contribution in [2.24, 2.45) is 0 Å². The molecule has 0 heterocycles. The molecular formula is C33H51F3NO6PY. The van der Waals surface area contributed by atoms with Gasteiger partial charge in [0.05, 0.1) is 41.6 Å². The van der Waals surface area contributed by atoms with Crippen molar-refractivity contribution in [1.29, 1.82) is 0 Å². The van der Waals surface area contributed by atoms with Crippen molar-refractivity contribution >= 4 is 8.60 Å². The molecule has 2 unspecified atom stereocenters. The third kappa shape index (κ3) is 16.8. The second-order valence-electron chi connectivity index (χ2n) is 13.5. The molecule has 0 aromatic heterocycles. The van der Waals surface area contributed by atoms with Crippen molar-refractivity contribution in [3.8, 4) is 5.75 Å². The summed E-state index contributed by atoms with van der Waals surface area (Å²) in [6.45, 7) is 15.0. The molecule has 0 amide bonds. The zero-order valence-corrected chi connectivity index (χ0v) is 31.7. The van der Waals surface area contributed by atoms with Crippen molar-refractivity contribution in [2.45, 2.75) is 123 Å². The van der Waals surface area contributed by atoms with Crippen molar-refractivity contribution in [1.82, 2.24) is 5.48 Å². The molecule has 0 aliphatic heterocycles. The number of aliphatic hydroxyl groups excluding tert-OH is 1. The first-order chi connectivity index (χ1) is 20.3. The molecule has 0 saturated heterocycles. The van der Waals surface area contributed by atoms with E-state index in [1.165, 1.54) is 6.07 Å². The predicted molar refractivity (Wildman–Crippen MR) is 168 cm³/mol. The Morgan fingerprint density at radius 3 is 2.04 bits per heavy atom. The van der Waals surface area contributed by atoms with E-state index in [9.17, 15) is 23.5 Å². The Bertz CT molecular complexity index is 1140. The summed E-state index contributed by atoms with van der Waals surface area (Å²) in [5, 5.41) is 20.3. The Morgan fingerprint density at radius 1 is 0.889 bits per heavy atom. The number of alkyl halides is 3. The molecule has 2 aromatic rings. The van der Waals surface area contributed by atoms with Gasteiger partial charge >= 0.3 is 14.8 Å². The molecule has 0 aliphatic carbocycles. The summed E-state index contributed by atoms with van der Waals surface area (Å²) in [7, 11) is -1.83. The maximum atomic E-state index is 14.1. The van der Waals surface area contributed by atoms with Crippen LogP contribution >= 0.6 is 8.60 Å². The van der Waals surface area contributed by atoms with E-state index < -0.39 is 43.2 Å². The van der Waals surface area contributed by atoms with Crippen LogP contribution in [0.15, 0.2) is 42.5 Å². The molecule has 0 saturated carbocycles. The van der Waals surface area contributed by atoms with Crippen LogP contribution in [0, 0.1) is 6.92 Å². The first-order valence-electron chi connectivity index (χ1n) is 15.1. The Hall–Kier alpha value is -0.676. The molecule has 2 atom stereocenters. The topological polar surface area (TPSA) is 89.4 Å². The van der Waals surface area contributed by atoms with Crippen molar-refractivity contribution in [3.63, 3.8) is 0 Å². The molecule has 45 heavy (non-hydrogen) atoms. The number of hydrogen-bond donors (Lipinski definition) is 3. The second-order valence-corrected chi connectivity index (χ2v) is 14.5. The average molecular weight is 735 g/mol. The van der Waals surface area contributed by atoms with E-state index in [-0.39, 0.29) is 64.5 Å². The molecule has 0 fully saturated rings. The van der Waals surface area contributed by atoms with Crippen LogP contribution in [0.4, 0.5) is 13.2 Å². The molecule has 0 aliphatic rings. The van der Waals surface area contributed by atoms with Crippen LogP contribution in [0.5, 0.6) is 5.75 Å². The molecule has 7 nitrogen and oxygen atoms in total. The molecule has 1 radical (unpaired) electrons. The smallest absolute Gasteiger partial charge is 0.419 e. The van der Waals surface area contributed by atoms with E-state index in [0.717, 1.165) is 17.2 Å². The summed E-state index contributed by atoms with van der Waals surface area (Å²) < 4.78 is 65.9. The fourth-order valence-corrected chi connectivity index (χ4v) is 5.77. The Morgan fingerprint density at radius 2 is 1.51 bits per heavy atom. The van der Waals surface area contributed by atoms with E-state index in [0.29, 0.717) is 31.2 Å². The van der Waals surface area contributed by atoms with Gasteiger partial charge in [-0.25, -0.2) is 0 Å². The third-order valence-electron chi connectivity index (χ3n) is 6.61. The molecule has 0 spiro atoms. The SMILES string of the molecule is Cc1cccc(CCCOc2ccc(CCC(CCC(C)O)(COP(OC(C)(C)C)OC(C)(C)C)NO)cc2C(F)(F)F)c1.[Y]. The summed E-state index contributed by atoms with van der Waals surface area (Å²) >= 11 is 0. The Balaban J connectivity index is 0.0000101. The summed E-state index contributed by atoms with van der Waals surface area (Å²) in [5.74, 6) is -0.209. The zero-order chi connectivity index (χ0) is 33.2. The fourth-order valence-electron chi connectivity index (χ4n) is 4.38. The van der Waals surface area contributed by atoms with Gasteiger partial charge in [-0.15, -0.1) is 0 Å². The van der Waals surface area contributed by atoms with E-state index in [4.69, 9.17) is 18.3 Å². The minimum atomic E-state index is -4.60. The van der Waals surface area contributed by atoms with Crippen LogP contribution in [0.2, 0.25) is 0 Å². The fraction of sp³-hybridized carbons (Fsp3) is 0.636. The maximum absolute atomic E-state index is 14.1. The number of hydroxylamine groups is 1. The number of hydrogen-bond acceptors (Lipinski definition) is 7. The number of aliphatic hydroxyl groups is 1. The Labute approximate surface area is 293 Å². The van der Waals surface area contributed by atoms with Crippen molar-refractivity contribution < 1.29 is 74.5 Å². The van der Waals surface area contributed by atoms with Crippen LogP contribution in [0.1, 0.15) is 96.4 Å². The van der Waals surface area contributed by atoms with Gasteiger partial charge < -0.3 is 28.6 Å². The molecule has 2 rings (SSSR count). The standard InChI is InChI=1S/C33H51F3NO6P.Y/c1-24-11-9-12-26(21-24)13-10-20-40-29-15-14-27(22-28(29)33(34,35)36)17-19-32(37-39,18-16-25(2)38)23-41-44(42-30(3,4)5)43-31(6,7)8;/h9,11-12,14-15,21-22,25,37-39H,10,13,16-20,23H2,1-8H3;. The molecule has 12 heteroatoms. The normalized spacial score (nSPS) is 14.6. The van der Waals surface area contributed by atoms with Gasteiger partial charge in [-0.2, -0.15) is 18.7 Å².